The van der Waals surface area contributed by atoms with Gasteiger partial charge in [-0.05, 0) is 31.4 Å². The fraction of sp³-hybridized carbons (Fsp3) is 0.692. The zero-order chi connectivity index (χ0) is 11.2. The lowest BCUT2D eigenvalue weighted by atomic mass is 9.61. The van der Waals surface area contributed by atoms with Crippen LogP contribution in [0.25, 0.3) is 0 Å². The summed E-state index contributed by atoms with van der Waals surface area (Å²) in [6.45, 7) is 6.61. The Labute approximate surface area is 92.1 Å². The van der Waals surface area contributed by atoms with E-state index in [9.17, 15) is 5.11 Å². The second kappa shape index (κ2) is 3.46. The first-order valence-electron chi connectivity index (χ1n) is 5.71. The molecule has 2 nitrogen and oxygen atoms in total. The minimum Gasteiger partial charge on any atom is -0.388 e. The molecule has 3 atom stereocenters. The first-order chi connectivity index (χ1) is 6.95. The number of nitrogens with one attached hydrogen (secondary N) is 1. The molecule has 2 rings (SSSR count). The Balaban J connectivity index is 2.43. The highest BCUT2D eigenvalue weighted by Crippen LogP contribution is 2.46. The molecule has 0 spiro atoms. The Morgan fingerprint density at radius 3 is 2.73 bits per heavy atom. The number of allylic oxidation sites excluding steroid dienone is 2. The van der Waals surface area contributed by atoms with Gasteiger partial charge in [-0.15, -0.1) is 0 Å². The number of aliphatic hydroxyl groups is 1. The normalized spacial score (nSPS) is 38.3. The quantitative estimate of drug-likeness (QED) is 0.688. The van der Waals surface area contributed by atoms with E-state index >= 15 is 0 Å². The van der Waals surface area contributed by atoms with Crippen LogP contribution < -0.4 is 5.32 Å². The smallest absolute Gasteiger partial charge is 0.0836 e. The third kappa shape index (κ3) is 1.66. The molecule has 15 heavy (non-hydrogen) atoms. The molecule has 3 unspecified atom stereocenters. The van der Waals surface area contributed by atoms with Crippen molar-refractivity contribution in [1.82, 2.24) is 5.32 Å². The summed E-state index contributed by atoms with van der Waals surface area (Å²) in [7, 11) is 1.97. The molecule has 0 aromatic carbocycles. The first kappa shape index (κ1) is 10.9. The Kier molecular flexibility index (Phi) is 2.52. The van der Waals surface area contributed by atoms with Gasteiger partial charge in [-0.25, -0.2) is 0 Å². The van der Waals surface area contributed by atoms with Crippen molar-refractivity contribution in [2.24, 2.45) is 11.3 Å². The zero-order valence-electron chi connectivity index (χ0n) is 10.0. The first-order valence-corrected chi connectivity index (χ1v) is 5.71. The number of likely N-dealkylation sites (N-methyl/N-ethyl adjacent to an activating group) is 1. The molecule has 0 aromatic heterocycles. The lowest BCUT2D eigenvalue weighted by Gasteiger charge is -2.47. The van der Waals surface area contributed by atoms with Crippen molar-refractivity contribution in [1.29, 1.82) is 0 Å². The molecule has 0 aliphatic heterocycles. The van der Waals surface area contributed by atoms with Gasteiger partial charge in [-0.2, -0.15) is 0 Å². The molecule has 1 fully saturated rings. The van der Waals surface area contributed by atoms with Crippen LogP contribution in [0.4, 0.5) is 0 Å². The van der Waals surface area contributed by atoms with Crippen LogP contribution >= 0.6 is 0 Å². The molecule has 0 saturated heterocycles. The molecular weight excluding hydrogens is 186 g/mol. The van der Waals surface area contributed by atoms with Gasteiger partial charge < -0.3 is 10.4 Å². The molecule has 2 heteroatoms. The van der Waals surface area contributed by atoms with Gasteiger partial charge in [-0.3, -0.25) is 0 Å². The van der Waals surface area contributed by atoms with Gasteiger partial charge in [-0.1, -0.05) is 31.6 Å². The Bertz CT molecular complexity index is 327. The zero-order valence-corrected chi connectivity index (χ0v) is 10.0. The standard InChI is InChI=1S/C13H21NO/c1-8-5-9-11(14-4)7-13(2,3)10(6-8)12(9)15/h5-6,10-12,14-15H,7H2,1-4H3. The van der Waals surface area contributed by atoms with Crippen molar-refractivity contribution < 1.29 is 5.11 Å². The number of rotatable bonds is 1. The van der Waals surface area contributed by atoms with Gasteiger partial charge in [0.15, 0.2) is 0 Å². The summed E-state index contributed by atoms with van der Waals surface area (Å²) < 4.78 is 0. The van der Waals surface area contributed by atoms with E-state index in [4.69, 9.17) is 0 Å². The second-order valence-corrected chi connectivity index (χ2v) is 5.56. The van der Waals surface area contributed by atoms with E-state index in [1.807, 2.05) is 7.05 Å². The van der Waals surface area contributed by atoms with Gasteiger partial charge in [0.1, 0.15) is 0 Å². The van der Waals surface area contributed by atoms with Crippen LogP contribution in [0.3, 0.4) is 0 Å². The summed E-state index contributed by atoms with van der Waals surface area (Å²) in [6.07, 6.45) is 5.16. The summed E-state index contributed by atoms with van der Waals surface area (Å²) in [4.78, 5) is 0. The van der Waals surface area contributed by atoms with Crippen LogP contribution in [0.15, 0.2) is 23.3 Å². The number of aliphatic hydroxyl groups excluding tert-OH is 1. The van der Waals surface area contributed by atoms with E-state index in [0.717, 1.165) is 6.42 Å². The van der Waals surface area contributed by atoms with Gasteiger partial charge in [0.05, 0.1) is 6.10 Å². The fourth-order valence-electron chi connectivity index (χ4n) is 2.99. The van der Waals surface area contributed by atoms with E-state index < -0.39 is 0 Å². The predicted molar refractivity (Wildman–Crippen MR) is 62.6 cm³/mol. The topological polar surface area (TPSA) is 32.3 Å². The Hall–Kier alpha value is -0.600. The van der Waals surface area contributed by atoms with E-state index in [1.165, 1.54) is 11.1 Å². The van der Waals surface area contributed by atoms with Crippen LogP contribution in [-0.4, -0.2) is 24.3 Å². The lowest BCUT2D eigenvalue weighted by Crippen LogP contribution is -2.50. The summed E-state index contributed by atoms with van der Waals surface area (Å²) in [6, 6.07) is 0.329. The number of hydrogen-bond donors (Lipinski definition) is 2. The average molecular weight is 207 g/mol. The number of hydrogen-bond acceptors (Lipinski definition) is 2. The van der Waals surface area contributed by atoms with Crippen LogP contribution in [0.1, 0.15) is 27.2 Å². The molecule has 2 aliphatic carbocycles. The van der Waals surface area contributed by atoms with E-state index in [1.54, 1.807) is 0 Å². The predicted octanol–water partition coefficient (Wildman–Crippen LogP) is 1.87. The van der Waals surface area contributed by atoms with Crippen LogP contribution in [0, 0.1) is 11.3 Å². The van der Waals surface area contributed by atoms with Gasteiger partial charge in [0.2, 0.25) is 0 Å². The van der Waals surface area contributed by atoms with Crippen molar-refractivity contribution in [2.75, 3.05) is 7.05 Å². The van der Waals surface area contributed by atoms with E-state index in [-0.39, 0.29) is 17.4 Å². The Morgan fingerprint density at radius 1 is 1.47 bits per heavy atom. The third-order valence-electron chi connectivity index (χ3n) is 3.90. The van der Waals surface area contributed by atoms with Crippen molar-refractivity contribution >= 4 is 0 Å². The van der Waals surface area contributed by atoms with E-state index in [2.05, 4.69) is 38.2 Å². The molecule has 1 saturated carbocycles. The SMILES string of the molecule is CNC1CC(C)(C)C2C=C(C)C=C1C2O. The average Bonchev–Trinajstić information content (AvgIpc) is 2.15. The molecule has 0 aromatic rings. The van der Waals surface area contributed by atoms with Gasteiger partial charge in [0.25, 0.3) is 0 Å². The minimum atomic E-state index is -0.296. The summed E-state index contributed by atoms with van der Waals surface area (Å²) in [5.41, 5.74) is 2.63. The molecule has 0 amide bonds. The number of fused-ring (bicyclic) bond motifs is 2. The summed E-state index contributed by atoms with van der Waals surface area (Å²) >= 11 is 0. The maximum atomic E-state index is 10.3. The monoisotopic (exact) mass is 207 g/mol. The maximum Gasteiger partial charge on any atom is 0.0836 e. The highest BCUT2D eigenvalue weighted by Gasteiger charge is 2.44. The van der Waals surface area contributed by atoms with Crippen molar-refractivity contribution in [3.8, 4) is 0 Å². The van der Waals surface area contributed by atoms with Crippen molar-refractivity contribution in [2.45, 2.75) is 39.3 Å². The summed E-state index contributed by atoms with van der Waals surface area (Å²) in [5, 5.41) is 13.6. The van der Waals surface area contributed by atoms with E-state index in [0.29, 0.717) is 6.04 Å². The molecular formula is C13H21NO. The maximum absolute atomic E-state index is 10.3. The highest BCUT2D eigenvalue weighted by atomic mass is 16.3. The van der Waals surface area contributed by atoms with Gasteiger partial charge in [0, 0.05) is 12.0 Å². The third-order valence-corrected chi connectivity index (χ3v) is 3.90. The van der Waals surface area contributed by atoms with Gasteiger partial charge >= 0.3 is 0 Å². The van der Waals surface area contributed by atoms with Crippen LogP contribution in [0.5, 0.6) is 0 Å². The second-order valence-electron chi connectivity index (χ2n) is 5.56. The molecule has 2 bridgehead atoms. The fourth-order valence-corrected chi connectivity index (χ4v) is 2.99. The van der Waals surface area contributed by atoms with Crippen molar-refractivity contribution in [3.05, 3.63) is 23.3 Å². The molecule has 0 heterocycles. The molecule has 2 N–H and O–H groups in total. The Morgan fingerprint density at radius 2 is 2.13 bits per heavy atom. The van der Waals surface area contributed by atoms with Crippen LogP contribution in [-0.2, 0) is 0 Å². The minimum absolute atomic E-state index is 0.173. The van der Waals surface area contributed by atoms with Crippen LogP contribution in [0.2, 0.25) is 0 Å². The largest absolute Gasteiger partial charge is 0.388 e. The molecule has 2 aliphatic rings. The molecule has 84 valence electrons. The molecule has 0 radical (unpaired) electrons. The lowest BCUT2D eigenvalue weighted by molar-refractivity contribution is 0.0425. The highest BCUT2D eigenvalue weighted by molar-refractivity contribution is 5.37. The summed E-state index contributed by atoms with van der Waals surface area (Å²) in [5.74, 6) is 0.280. The van der Waals surface area contributed by atoms with Crippen molar-refractivity contribution in [3.63, 3.8) is 0 Å².